The van der Waals surface area contributed by atoms with Crippen LogP contribution in [0.15, 0.2) is 17.0 Å². The Kier molecular flexibility index (Phi) is 5.14. The van der Waals surface area contributed by atoms with Crippen LogP contribution in [0.4, 0.5) is 0 Å². The van der Waals surface area contributed by atoms with Crippen molar-refractivity contribution in [1.82, 2.24) is 0 Å². The highest BCUT2D eigenvalue weighted by molar-refractivity contribution is 8.13. The van der Waals surface area contributed by atoms with Gasteiger partial charge in [-0.2, -0.15) is 0 Å². The lowest BCUT2D eigenvalue weighted by Gasteiger charge is -2.13. The molecule has 1 heterocycles. The van der Waals surface area contributed by atoms with Crippen molar-refractivity contribution in [2.75, 3.05) is 13.2 Å². The van der Waals surface area contributed by atoms with Crippen LogP contribution >= 0.6 is 22.3 Å². The van der Waals surface area contributed by atoms with E-state index in [0.29, 0.717) is 6.61 Å². The van der Waals surface area contributed by atoms with E-state index in [0.717, 1.165) is 12.8 Å². The molecule has 0 saturated carbocycles. The molecular weight excluding hydrogens is 339 g/mol. The number of halogens is 2. The maximum atomic E-state index is 12.1. The van der Waals surface area contributed by atoms with Crippen LogP contribution in [0.2, 0.25) is 5.02 Å². The molecule has 116 valence electrons. The van der Waals surface area contributed by atoms with E-state index in [9.17, 15) is 13.2 Å². The Morgan fingerprint density at radius 2 is 2.19 bits per heavy atom. The molecule has 2 rings (SSSR count). The van der Waals surface area contributed by atoms with Crippen molar-refractivity contribution in [2.24, 2.45) is 0 Å². The summed E-state index contributed by atoms with van der Waals surface area (Å²) in [7, 11) is 1.35. The molecule has 8 heteroatoms. The van der Waals surface area contributed by atoms with Gasteiger partial charge in [0.05, 0.1) is 16.6 Å². The third-order valence-corrected chi connectivity index (χ3v) is 4.90. The van der Waals surface area contributed by atoms with E-state index in [-0.39, 0.29) is 33.8 Å². The molecular formula is C13H14Cl2O5S. The highest BCUT2D eigenvalue weighted by atomic mass is 35.7. The molecule has 1 aliphatic rings. The normalized spacial score (nSPS) is 18.7. The van der Waals surface area contributed by atoms with Gasteiger partial charge in [-0.15, -0.1) is 0 Å². The fourth-order valence-electron chi connectivity index (χ4n) is 2.14. The Morgan fingerprint density at radius 3 is 2.76 bits per heavy atom. The summed E-state index contributed by atoms with van der Waals surface area (Å²) in [5.74, 6) is -0.646. The van der Waals surface area contributed by atoms with Gasteiger partial charge in [-0.3, -0.25) is 0 Å². The zero-order chi connectivity index (χ0) is 15.6. The topological polar surface area (TPSA) is 69.7 Å². The molecule has 0 aliphatic carbocycles. The first-order valence-electron chi connectivity index (χ1n) is 6.32. The fraction of sp³-hybridized carbons (Fsp3) is 0.462. The molecule has 5 nitrogen and oxygen atoms in total. The predicted molar refractivity (Wildman–Crippen MR) is 78.5 cm³/mol. The number of hydrogen-bond acceptors (Lipinski definition) is 5. The SMILES string of the molecule is Cc1c(C(=O)OCC2CCCO2)cc(Cl)cc1S(=O)(=O)Cl. The van der Waals surface area contributed by atoms with Gasteiger partial charge >= 0.3 is 5.97 Å². The summed E-state index contributed by atoms with van der Waals surface area (Å²) in [6.45, 7) is 2.27. The predicted octanol–water partition coefficient (Wildman–Crippen LogP) is 2.91. The smallest absolute Gasteiger partial charge is 0.338 e. The molecule has 1 aliphatic heterocycles. The van der Waals surface area contributed by atoms with Gasteiger partial charge in [0, 0.05) is 22.3 Å². The average molecular weight is 353 g/mol. The van der Waals surface area contributed by atoms with Crippen molar-refractivity contribution in [1.29, 1.82) is 0 Å². The number of rotatable bonds is 4. The third-order valence-electron chi connectivity index (χ3n) is 3.23. The Balaban J connectivity index is 2.22. The van der Waals surface area contributed by atoms with Crippen molar-refractivity contribution < 1.29 is 22.7 Å². The Hall–Kier alpha value is -0.820. The average Bonchev–Trinajstić information content (AvgIpc) is 2.90. The van der Waals surface area contributed by atoms with Crippen LogP contribution in [-0.2, 0) is 18.5 Å². The van der Waals surface area contributed by atoms with Gasteiger partial charge in [0.1, 0.15) is 6.61 Å². The van der Waals surface area contributed by atoms with Gasteiger partial charge in [0.2, 0.25) is 0 Å². The Bertz CT molecular complexity index is 651. The molecule has 0 aromatic heterocycles. The maximum Gasteiger partial charge on any atom is 0.338 e. The molecule has 1 atom stereocenters. The van der Waals surface area contributed by atoms with Gasteiger partial charge in [0.15, 0.2) is 0 Å². The van der Waals surface area contributed by atoms with Crippen LogP contribution in [0.5, 0.6) is 0 Å². The summed E-state index contributed by atoms with van der Waals surface area (Å²) in [5, 5.41) is 0.101. The second-order valence-electron chi connectivity index (χ2n) is 4.75. The second-order valence-corrected chi connectivity index (χ2v) is 7.72. The van der Waals surface area contributed by atoms with E-state index < -0.39 is 15.0 Å². The quantitative estimate of drug-likeness (QED) is 0.615. The first-order chi connectivity index (χ1) is 9.79. The molecule has 0 amide bonds. The van der Waals surface area contributed by atoms with Crippen LogP contribution in [0, 0.1) is 6.92 Å². The number of benzene rings is 1. The van der Waals surface area contributed by atoms with E-state index in [4.69, 9.17) is 31.8 Å². The zero-order valence-electron chi connectivity index (χ0n) is 11.3. The zero-order valence-corrected chi connectivity index (χ0v) is 13.6. The largest absolute Gasteiger partial charge is 0.459 e. The number of ether oxygens (including phenoxy) is 2. The summed E-state index contributed by atoms with van der Waals surface area (Å²) in [6.07, 6.45) is 1.67. The Morgan fingerprint density at radius 1 is 1.48 bits per heavy atom. The summed E-state index contributed by atoms with van der Waals surface area (Å²) in [5.41, 5.74) is 0.298. The monoisotopic (exact) mass is 352 g/mol. The van der Waals surface area contributed by atoms with Crippen molar-refractivity contribution in [3.05, 3.63) is 28.3 Å². The minimum Gasteiger partial charge on any atom is -0.459 e. The van der Waals surface area contributed by atoms with E-state index in [1.807, 2.05) is 0 Å². The minimum absolute atomic E-state index is 0.0831. The van der Waals surface area contributed by atoms with Crippen LogP contribution < -0.4 is 0 Å². The van der Waals surface area contributed by atoms with E-state index in [2.05, 4.69) is 0 Å². The number of carbonyl (C=O) groups is 1. The van der Waals surface area contributed by atoms with Crippen LogP contribution in [0.25, 0.3) is 0 Å². The van der Waals surface area contributed by atoms with Gasteiger partial charge in [-0.25, -0.2) is 13.2 Å². The Labute approximate surface area is 132 Å². The number of hydrogen-bond donors (Lipinski definition) is 0. The third kappa shape index (κ3) is 4.10. The first-order valence-corrected chi connectivity index (χ1v) is 9.01. The lowest BCUT2D eigenvalue weighted by atomic mass is 10.1. The van der Waals surface area contributed by atoms with Gasteiger partial charge < -0.3 is 9.47 Å². The molecule has 1 aromatic rings. The lowest BCUT2D eigenvalue weighted by Crippen LogP contribution is -2.18. The van der Waals surface area contributed by atoms with Crippen molar-refractivity contribution >= 4 is 37.3 Å². The van der Waals surface area contributed by atoms with Gasteiger partial charge in [-0.05, 0) is 37.5 Å². The number of esters is 1. The molecule has 1 saturated heterocycles. The molecule has 1 unspecified atom stereocenters. The molecule has 0 spiro atoms. The minimum atomic E-state index is -3.99. The van der Waals surface area contributed by atoms with Crippen molar-refractivity contribution in [3.8, 4) is 0 Å². The summed E-state index contributed by atoms with van der Waals surface area (Å²) < 4.78 is 33.5. The second kappa shape index (κ2) is 6.52. The molecule has 21 heavy (non-hydrogen) atoms. The van der Waals surface area contributed by atoms with Crippen molar-refractivity contribution in [3.63, 3.8) is 0 Å². The van der Waals surface area contributed by atoms with E-state index in [1.54, 1.807) is 0 Å². The van der Waals surface area contributed by atoms with Crippen LogP contribution in [0.3, 0.4) is 0 Å². The summed E-state index contributed by atoms with van der Waals surface area (Å²) in [6, 6.07) is 2.57. The standard InChI is InChI=1S/C13H14Cl2O5S/c1-8-11(5-9(14)6-12(8)21(15,17)18)13(16)20-7-10-3-2-4-19-10/h5-6,10H,2-4,7H2,1H3. The van der Waals surface area contributed by atoms with Crippen molar-refractivity contribution in [2.45, 2.75) is 30.8 Å². The summed E-state index contributed by atoms with van der Waals surface area (Å²) >= 11 is 5.84. The highest BCUT2D eigenvalue weighted by Gasteiger charge is 2.23. The molecule has 0 bridgehead atoms. The summed E-state index contributed by atoms with van der Waals surface area (Å²) in [4.78, 5) is 11.9. The molecule has 0 radical (unpaired) electrons. The van der Waals surface area contributed by atoms with Gasteiger partial charge in [-0.1, -0.05) is 11.6 Å². The van der Waals surface area contributed by atoms with E-state index >= 15 is 0 Å². The first kappa shape index (κ1) is 16.5. The lowest BCUT2D eigenvalue weighted by molar-refractivity contribution is 0.0160. The molecule has 1 aromatic carbocycles. The highest BCUT2D eigenvalue weighted by Crippen LogP contribution is 2.27. The van der Waals surface area contributed by atoms with E-state index in [1.165, 1.54) is 19.1 Å². The fourth-order valence-corrected chi connectivity index (χ4v) is 3.65. The van der Waals surface area contributed by atoms with Crippen LogP contribution in [0.1, 0.15) is 28.8 Å². The molecule has 0 N–H and O–H groups in total. The molecule has 1 fully saturated rings. The van der Waals surface area contributed by atoms with Gasteiger partial charge in [0.25, 0.3) is 9.05 Å². The maximum absolute atomic E-state index is 12.1. The number of carbonyl (C=O) groups excluding carboxylic acids is 1. The van der Waals surface area contributed by atoms with Crippen LogP contribution in [-0.4, -0.2) is 33.7 Å².